The predicted molar refractivity (Wildman–Crippen MR) is 148 cm³/mol. The summed E-state index contributed by atoms with van der Waals surface area (Å²) < 4.78 is 0. The lowest BCUT2D eigenvalue weighted by atomic mass is 9.79. The molecule has 0 unspecified atom stereocenters. The summed E-state index contributed by atoms with van der Waals surface area (Å²) in [6, 6.07) is 19.6. The zero-order chi connectivity index (χ0) is 24.6. The van der Waals surface area contributed by atoms with Crippen LogP contribution in [-0.4, -0.2) is 24.1 Å². The Hall–Kier alpha value is -3.34. The van der Waals surface area contributed by atoms with Crippen molar-refractivity contribution < 1.29 is 4.79 Å². The first-order chi connectivity index (χ1) is 17.6. The van der Waals surface area contributed by atoms with Gasteiger partial charge in [0.25, 0.3) is 0 Å². The van der Waals surface area contributed by atoms with Crippen LogP contribution in [0.15, 0.2) is 60.8 Å². The largest absolute Gasteiger partial charge is 0.340 e. The molecule has 2 heterocycles. The Morgan fingerprint density at radius 3 is 2.33 bits per heavy atom. The Morgan fingerprint density at radius 2 is 1.58 bits per heavy atom. The standard InChI is InChI=1S/C31H36N4O/c1-21-11-13-22(14-12-21)23-15-17-24(18-16-23)33-30-19-27-26-9-5-6-10-28(26)35(25-7-3-4-8-25)31(36)34(2)29(27)20-32-30/h5-6,9-10,15-22,25H,3-4,7-8,11-14H2,1-2H3,(H,32,33). The number of fused-ring (bicyclic) bond motifs is 3. The van der Waals surface area contributed by atoms with Gasteiger partial charge in [0.2, 0.25) is 0 Å². The quantitative estimate of drug-likeness (QED) is 0.410. The molecule has 1 aliphatic heterocycles. The highest BCUT2D eigenvalue weighted by atomic mass is 16.2. The summed E-state index contributed by atoms with van der Waals surface area (Å²) in [6.07, 6.45) is 11.6. The molecule has 5 nitrogen and oxygen atoms in total. The third kappa shape index (κ3) is 4.25. The van der Waals surface area contributed by atoms with Crippen LogP contribution in [0.4, 0.5) is 27.7 Å². The number of rotatable bonds is 4. The van der Waals surface area contributed by atoms with Gasteiger partial charge in [0.05, 0.1) is 17.6 Å². The fraction of sp³-hybridized carbons (Fsp3) is 0.419. The highest BCUT2D eigenvalue weighted by Crippen LogP contribution is 2.44. The molecule has 1 N–H and O–H groups in total. The molecule has 0 saturated heterocycles. The van der Waals surface area contributed by atoms with E-state index in [2.05, 4.69) is 60.8 Å². The van der Waals surface area contributed by atoms with Crippen LogP contribution in [0.1, 0.15) is 69.8 Å². The summed E-state index contributed by atoms with van der Waals surface area (Å²) in [7, 11) is 1.87. The molecule has 2 saturated carbocycles. The second-order valence-electron chi connectivity index (χ2n) is 11.0. The number of carbonyl (C=O) groups is 1. The molecule has 36 heavy (non-hydrogen) atoms. The molecular formula is C31H36N4O. The molecular weight excluding hydrogens is 444 g/mol. The van der Waals surface area contributed by atoms with Crippen molar-refractivity contribution in [3.8, 4) is 11.1 Å². The topological polar surface area (TPSA) is 48.5 Å². The van der Waals surface area contributed by atoms with Gasteiger partial charge in [0.1, 0.15) is 5.82 Å². The van der Waals surface area contributed by atoms with Crippen molar-refractivity contribution in [2.45, 2.75) is 70.3 Å². The van der Waals surface area contributed by atoms with E-state index in [4.69, 9.17) is 4.98 Å². The van der Waals surface area contributed by atoms with E-state index < -0.39 is 0 Å². The van der Waals surface area contributed by atoms with Crippen molar-refractivity contribution in [1.29, 1.82) is 0 Å². The van der Waals surface area contributed by atoms with E-state index in [1.54, 1.807) is 4.90 Å². The highest BCUT2D eigenvalue weighted by molar-refractivity contribution is 6.11. The number of hydrogen-bond donors (Lipinski definition) is 1. The number of nitrogens with one attached hydrogen (secondary N) is 1. The van der Waals surface area contributed by atoms with Gasteiger partial charge in [-0.05, 0) is 67.3 Å². The van der Waals surface area contributed by atoms with Gasteiger partial charge in [-0.15, -0.1) is 0 Å². The lowest BCUT2D eigenvalue weighted by molar-refractivity contribution is 0.250. The lowest BCUT2D eigenvalue weighted by Gasteiger charge is -2.31. The zero-order valence-corrected chi connectivity index (χ0v) is 21.4. The molecule has 6 rings (SSSR count). The van der Waals surface area contributed by atoms with Crippen LogP contribution >= 0.6 is 0 Å². The van der Waals surface area contributed by atoms with Crippen molar-refractivity contribution in [1.82, 2.24) is 4.98 Å². The number of benzene rings is 2. The second kappa shape index (κ2) is 9.61. The first-order valence-electron chi connectivity index (χ1n) is 13.6. The predicted octanol–water partition coefficient (Wildman–Crippen LogP) is 8.10. The molecule has 3 aromatic rings. The molecule has 0 radical (unpaired) electrons. The number of aromatic nitrogens is 1. The molecule has 5 heteroatoms. The average Bonchev–Trinajstić information content (AvgIpc) is 3.41. The van der Waals surface area contributed by atoms with Gasteiger partial charge in [-0.1, -0.05) is 62.9 Å². The van der Waals surface area contributed by atoms with Crippen LogP contribution in [0, 0.1) is 5.92 Å². The maximum atomic E-state index is 13.6. The van der Waals surface area contributed by atoms with E-state index in [-0.39, 0.29) is 12.1 Å². The molecule has 186 valence electrons. The maximum absolute atomic E-state index is 13.6. The zero-order valence-electron chi connectivity index (χ0n) is 21.4. The van der Waals surface area contributed by atoms with Gasteiger partial charge in [0.15, 0.2) is 0 Å². The monoisotopic (exact) mass is 480 g/mol. The average molecular weight is 481 g/mol. The third-order valence-corrected chi connectivity index (χ3v) is 8.55. The van der Waals surface area contributed by atoms with E-state index >= 15 is 0 Å². The number of pyridine rings is 1. The SMILES string of the molecule is CC1CCC(c2ccc(Nc3cc4c(cn3)N(C)C(=O)N(C3CCCC3)c3ccccc3-4)cc2)CC1. The third-order valence-electron chi connectivity index (χ3n) is 8.55. The van der Waals surface area contributed by atoms with E-state index in [1.165, 1.54) is 44.1 Å². The molecule has 0 bridgehead atoms. The molecule has 2 amide bonds. The number of anilines is 4. The van der Waals surface area contributed by atoms with Gasteiger partial charge in [-0.25, -0.2) is 9.78 Å². The van der Waals surface area contributed by atoms with Gasteiger partial charge in [0, 0.05) is 29.9 Å². The van der Waals surface area contributed by atoms with Gasteiger partial charge in [-0.2, -0.15) is 0 Å². The minimum absolute atomic E-state index is 0.0308. The Balaban J connectivity index is 1.30. The molecule has 2 aromatic carbocycles. The van der Waals surface area contributed by atoms with E-state index in [9.17, 15) is 4.79 Å². The second-order valence-corrected chi connectivity index (χ2v) is 11.0. The molecule has 3 aliphatic rings. The van der Waals surface area contributed by atoms with Crippen LogP contribution < -0.4 is 15.1 Å². The number of hydrogen-bond acceptors (Lipinski definition) is 3. The Morgan fingerprint density at radius 1 is 0.861 bits per heavy atom. The summed E-state index contributed by atoms with van der Waals surface area (Å²) in [6.45, 7) is 2.37. The van der Waals surface area contributed by atoms with Crippen LogP contribution in [-0.2, 0) is 0 Å². The molecule has 2 aliphatic carbocycles. The number of amides is 2. The van der Waals surface area contributed by atoms with E-state index in [0.717, 1.165) is 52.8 Å². The first-order valence-corrected chi connectivity index (χ1v) is 13.6. The van der Waals surface area contributed by atoms with Crippen molar-refractivity contribution in [2.75, 3.05) is 22.2 Å². The Kier molecular flexibility index (Phi) is 6.16. The maximum Gasteiger partial charge on any atom is 0.329 e. The van der Waals surface area contributed by atoms with Crippen LogP contribution in [0.25, 0.3) is 11.1 Å². The highest BCUT2D eigenvalue weighted by Gasteiger charge is 2.35. The van der Waals surface area contributed by atoms with Gasteiger partial charge in [-0.3, -0.25) is 9.80 Å². The fourth-order valence-corrected chi connectivity index (χ4v) is 6.37. The van der Waals surface area contributed by atoms with Crippen molar-refractivity contribution in [2.24, 2.45) is 5.92 Å². The number of nitrogens with zero attached hydrogens (tertiary/aromatic N) is 3. The minimum atomic E-state index is 0.0308. The normalized spacial score (nSPS) is 22.2. The van der Waals surface area contributed by atoms with Gasteiger partial charge >= 0.3 is 6.03 Å². The fourth-order valence-electron chi connectivity index (χ4n) is 6.37. The molecule has 0 spiro atoms. The Bertz CT molecular complexity index is 1240. The summed E-state index contributed by atoms with van der Waals surface area (Å²) in [5.41, 5.74) is 6.46. The Labute approximate surface area is 214 Å². The lowest BCUT2D eigenvalue weighted by Crippen LogP contribution is -2.45. The number of carbonyl (C=O) groups excluding carboxylic acids is 1. The summed E-state index contributed by atoms with van der Waals surface area (Å²) in [5, 5.41) is 3.51. The van der Waals surface area contributed by atoms with E-state index in [1.807, 2.05) is 24.2 Å². The van der Waals surface area contributed by atoms with Crippen LogP contribution in [0.5, 0.6) is 0 Å². The van der Waals surface area contributed by atoms with Crippen LogP contribution in [0.2, 0.25) is 0 Å². The number of para-hydroxylation sites is 1. The van der Waals surface area contributed by atoms with Crippen molar-refractivity contribution in [3.63, 3.8) is 0 Å². The van der Waals surface area contributed by atoms with E-state index in [0.29, 0.717) is 5.92 Å². The molecule has 2 fully saturated rings. The van der Waals surface area contributed by atoms with Crippen molar-refractivity contribution in [3.05, 3.63) is 66.4 Å². The van der Waals surface area contributed by atoms with Crippen molar-refractivity contribution >= 4 is 28.9 Å². The number of urea groups is 1. The molecule has 0 atom stereocenters. The summed E-state index contributed by atoms with van der Waals surface area (Å²) in [5.74, 6) is 2.34. The summed E-state index contributed by atoms with van der Waals surface area (Å²) >= 11 is 0. The first kappa shape index (κ1) is 23.1. The molecule has 1 aromatic heterocycles. The van der Waals surface area contributed by atoms with Gasteiger partial charge < -0.3 is 5.32 Å². The smallest absolute Gasteiger partial charge is 0.329 e. The summed E-state index contributed by atoms with van der Waals surface area (Å²) in [4.78, 5) is 22.1. The van der Waals surface area contributed by atoms with Crippen LogP contribution in [0.3, 0.4) is 0 Å². The minimum Gasteiger partial charge on any atom is -0.340 e.